The summed E-state index contributed by atoms with van der Waals surface area (Å²) in [5.74, 6) is 0.166. The number of nitrogens with zero attached hydrogens (tertiary/aromatic N) is 4. The predicted octanol–water partition coefficient (Wildman–Crippen LogP) is 2.26. The molecule has 0 bridgehead atoms. The number of amides is 4. The first-order valence-corrected chi connectivity index (χ1v) is 12.1. The lowest BCUT2D eigenvalue weighted by atomic mass is 9.90. The van der Waals surface area contributed by atoms with E-state index in [2.05, 4.69) is 16.5 Å². The molecule has 9 nitrogen and oxygen atoms in total. The number of fused-ring (bicyclic) bond motifs is 3. The maximum absolute atomic E-state index is 13.5. The molecule has 4 heterocycles. The van der Waals surface area contributed by atoms with E-state index in [0.717, 1.165) is 37.8 Å². The highest BCUT2D eigenvalue weighted by molar-refractivity contribution is 7.10. The Balaban J connectivity index is 1.22. The number of hydrogen-bond donors (Lipinski definition) is 1. The lowest BCUT2D eigenvalue weighted by Gasteiger charge is -2.24. The molecule has 3 aromatic rings. The zero-order valence-corrected chi connectivity index (χ0v) is 19.4. The van der Waals surface area contributed by atoms with Gasteiger partial charge in [0.15, 0.2) is 0 Å². The van der Waals surface area contributed by atoms with Gasteiger partial charge in [-0.15, -0.1) is 11.3 Å². The van der Waals surface area contributed by atoms with Crippen LogP contribution in [-0.2, 0) is 35.1 Å². The van der Waals surface area contributed by atoms with Gasteiger partial charge in [-0.2, -0.15) is 5.10 Å². The van der Waals surface area contributed by atoms with E-state index in [-0.39, 0.29) is 18.4 Å². The van der Waals surface area contributed by atoms with E-state index in [1.165, 1.54) is 11.3 Å². The van der Waals surface area contributed by atoms with E-state index in [0.29, 0.717) is 32.5 Å². The zero-order valence-electron chi connectivity index (χ0n) is 18.6. The van der Waals surface area contributed by atoms with Gasteiger partial charge in [0, 0.05) is 18.8 Å². The summed E-state index contributed by atoms with van der Waals surface area (Å²) in [4.78, 5) is 43.2. The van der Waals surface area contributed by atoms with Crippen LogP contribution in [0.5, 0.6) is 5.75 Å². The van der Waals surface area contributed by atoms with Gasteiger partial charge >= 0.3 is 6.03 Å². The molecule has 1 saturated heterocycles. The fourth-order valence-corrected chi connectivity index (χ4v) is 5.91. The SMILES string of the molecule is Cn1cc(-c2ccc3c(c2)CCC32NC(=O)N(CC(=O)N3CCOc4ccsc4C3)C2=O)cn1. The van der Waals surface area contributed by atoms with Gasteiger partial charge < -0.3 is 15.0 Å². The van der Waals surface area contributed by atoms with Crippen LogP contribution < -0.4 is 10.1 Å². The first-order chi connectivity index (χ1) is 16.4. The van der Waals surface area contributed by atoms with Gasteiger partial charge in [-0.1, -0.05) is 18.2 Å². The van der Waals surface area contributed by atoms with E-state index >= 15 is 0 Å². The molecule has 174 valence electrons. The highest BCUT2D eigenvalue weighted by Crippen LogP contribution is 2.42. The lowest BCUT2D eigenvalue weighted by Crippen LogP contribution is -2.45. The second-order valence-electron chi connectivity index (χ2n) is 8.87. The Kier molecular flexibility index (Phi) is 4.73. The first kappa shape index (κ1) is 20.9. The number of imide groups is 1. The van der Waals surface area contributed by atoms with Gasteiger partial charge in [0.25, 0.3) is 5.91 Å². The van der Waals surface area contributed by atoms with E-state index in [1.807, 2.05) is 36.8 Å². The largest absolute Gasteiger partial charge is 0.491 e. The summed E-state index contributed by atoms with van der Waals surface area (Å²) in [7, 11) is 1.87. The molecule has 3 aliphatic rings. The molecule has 1 spiro atoms. The lowest BCUT2D eigenvalue weighted by molar-refractivity contribution is -0.139. The maximum Gasteiger partial charge on any atom is 0.325 e. The fourth-order valence-electron chi connectivity index (χ4n) is 5.08. The quantitative estimate of drug-likeness (QED) is 0.584. The summed E-state index contributed by atoms with van der Waals surface area (Å²) < 4.78 is 7.44. The molecule has 6 rings (SSSR count). The van der Waals surface area contributed by atoms with Crippen molar-refractivity contribution in [2.45, 2.75) is 24.9 Å². The number of hydrogen-bond acceptors (Lipinski definition) is 6. The third kappa shape index (κ3) is 3.20. The minimum absolute atomic E-state index is 0.268. The summed E-state index contributed by atoms with van der Waals surface area (Å²) in [6.45, 7) is 0.929. The average molecular weight is 478 g/mol. The number of aryl methyl sites for hydroxylation is 2. The van der Waals surface area contributed by atoms with Gasteiger partial charge in [-0.25, -0.2) is 4.79 Å². The third-order valence-corrected chi connectivity index (χ3v) is 7.74. The molecule has 34 heavy (non-hydrogen) atoms. The van der Waals surface area contributed by atoms with Crippen LogP contribution in [0.1, 0.15) is 22.4 Å². The van der Waals surface area contributed by atoms with Crippen LogP contribution in [-0.4, -0.2) is 57.1 Å². The molecule has 1 atom stereocenters. The fraction of sp³-hybridized carbons (Fsp3) is 0.333. The molecule has 1 aliphatic carbocycles. The standard InChI is InChI=1S/C24H23N5O4S/c1-27-12-17(11-25-27)15-2-3-18-16(10-15)4-6-24(18)22(31)29(23(32)26-24)14-21(30)28-7-8-33-19-5-9-34-20(19)13-28/h2-3,5,9-12H,4,6-8,13-14H2,1H3,(H,26,32). The van der Waals surface area contributed by atoms with Crippen molar-refractivity contribution in [3.8, 4) is 16.9 Å². The minimum Gasteiger partial charge on any atom is -0.491 e. The van der Waals surface area contributed by atoms with Crippen LogP contribution in [0.4, 0.5) is 4.79 Å². The summed E-state index contributed by atoms with van der Waals surface area (Å²) in [6.07, 6.45) is 4.89. The van der Waals surface area contributed by atoms with Crippen LogP contribution in [0.15, 0.2) is 42.0 Å². The van der Waals surface area contributed by atoms with Crippen molar-refractivity contribution in [2.24, 2.45) is 7.05 Å². The highest BCUT2D eigenvalue weighted by Gasteiger charge is 2.55. The minimum atomic E-state index is -1.11. The second kappa shape index (κ2) is 7.69. The van der Waals surface area contributed by atoms with E-state index in [4.69, 9.17) is 4.74 Å². The monoisotopic (exact) mass is 477 g/mol. The van der Waals surface area contributed by atoms with E-state index in [1.54, 1.807) is 15.8 Å². The number of aromatic nitrogens is 2. The normalized spacial score (nSPS) is 21.3. The highest BCUT2D eigenvalue weighted by atomic mass is 32.1. The van der Waals surface area contributed by atoms with E-state index < -0.39 is 11.6 Å². The number of thiophene rings is 1. The first-order valence-electron chi connectivity index (χ1n) is 11.2. The summed E-state index contributed by atoms with van der Waals surface area (Å²) >= 11 is 1.53. The number of carbonyl (C=O) groups excluding carboxylic acids is 3. The molecule has 0 radical (unpaired) electrons. The average Bonchev–Trinajstić information content (AvgIpc) is 3.56. The van der Waals surface area contributed by atoms with Crippen molar-refractivity contribution in [3.63, 3.8) is 0 Å². The Labute approximate surface area is 199 Å². The summed E-state index contributed by atoms with van der Waals surface area (Å²) in [6, 6.07) is 7.30. The predicted molar refractivity (Wildman–Crippen MR) is 124 cm³/mol. The Bertz CT molecular complexity index is 1330. The van der Waals surface area contributed by atoms with Crippen molar-refractivity contribution < 1.29 is 19.1 Å². The molecule has 1 aromatic carbocycles. The van der Waals surface area contributed by atoms with Gasteiger partial charge in [0.05, 0.1) is 24.2 Å². The number of nitrogens with one attached hydrogen (secondary N) is 1. The molecule has 2 aliphatic heterocycles. The molecule has 1 N–H and O–H groups in total. The van der Waals surface area contributed by atoms with Gasteiger partial charge in [0.1, 0.15) is 24.4 Å². The van der Waals surface area contributed by atoms with Crippen LogP contribution in [0, 0.1) is 0 Å². The number of benzene rings is 1. The number of rotatable bonds is 3. The van der Waals surface area contributed by atoms with Crippen LogP contribution in [0.3, 0.4) is 0 Å². The topological polar surface area (TPSA) is 96.8 Å². The van der Waals surface area contributed by atoms with Crippen LogP contribution in [0.25, 0.3) is 11.1 Å². The number of carbonyl (C=O) groups is 3. The molecule has 0 saturated carbocycles. The summed E-state index contributed by atoms with van der Waals surface area (Å²) in [5.41, 5.74) is 2.74. The van der Waals surface area contributed by atoms with Gasteiger partial charge in [-0.05, 0) is 41.0 Å². The maximum atomic E-state index is 13.5. The smallest absolute Gasteiger partial charge is 0.325 e. The molecule has 4 amide bonds. The Morgan fingerprint density at radius 2 is 2.15 bits per heavy atom. The van der Waals surface area contributed by atoms with Crippen LogP contribution in [0.2, 0.25) is 0 Å². The molecule has 1 unspecified atom stereocenters. The molecular formula is C24H23N5O4S. The van der Waals surface area contributed by atoms with Crippen LogP contribution >= 0.6 is 11.3 Å². The Hall–Kier alpha value is -3.66. The third-order valence-electron chi connectivity index (χ3n) is 6.85. The van der Waals surface area contributed by atoms with Crippen molar-refractivity contribution >= 4 is 29.2 Å². The van der Waals surface area contributed by atoms with Crippen molar-refractivity contribution in [2.75, 3.05) is 19.7 Å². The Morgan fingerprint density at radius 1 is 1.26 bits per heavy atom. The van der Waals surface area contributed by atoms with Crippen molar-refractivity contribution in [1.82, 2.24) is 24.9 Å². The molecule has 2 aromatic heterocycles. The zero-order chi connectivity index (χ0) is 23.4. The van der Waals surface area contributed by atoms with E-state index in [9.17, 15) is 14.4 Å². The van der Waals surface area contributed by atoms with Crippen molar-refractivity contribution in [3.05, 3.63) is 58.0 Å². The molecular weight excluding hydrogens is 454 g/mol. The second-order valence-corrected chi connectivity index (χ2v) is 9.87. The Morgan fingerprint density at radius 3 is 2.97 bits per heavy atom. The van der Waals surface area contributed by atoms with Gasteiger partial charge in [0.2, 0.25) is 5.91 Å². The number of urea groups is 1. The van der Waals surface area contributed by atoms with Gasteiger partial charge in [-0.3, -0.25) is 19.2 Å². The summed E-state index contributed by atoms with van der Waals surface area (Å²) in [5, 5.41) is 9.06. The number of ether oxygens (including phenoxy) is 1. The van der Waals surface area contributed by atoms with Crippen molar-refractivity contribution in [1.29, 1.82) is 0 Å². The molecule has 10 heteroatoms. The molecule has 1 fully saturated rings.